The minimum Gasteiger partial charge on any atom is -0.309 e. The highest BCUT2D eigenvalue weighted by Crippen LogP contribution is 2.50. The van der Waals surface area contributed by atoms with Crippen LogP contribution in [0, 0.1) is 0 Å². The molecule has 3 heteroatoms. The van der Waals surface area contributed by atoms with Crippen molar-refractivity contribution < 1.29 is 0 Å². The third-order valence-corrected chi connectivity index (χ3v) is 13.5. The van der Waals surface area contributed by atoms with Crippen molar-refractivity contribution in [3.63, 3.8) is 0 Å². The van der Waals surface area contributed by atoms with E-state index in [0.29, 0.717) is 0 Å². The molecular formula is C54H43N3. The molecule has 0 atom stereocenters. The van der Waals surface area contributed by atoms with Gasteiger partial charge in [-0.05, 0) is 118 Å². The second-order valence-electron chi connectivity index (χ2n) is 17.6. The van der Waals surface area contributed by atoms with Gasteiger partial charge in [0.1, 0.15) is 0 Å². The number of rotatable bonds is 3. The summed E-state index contributed by atoms with van der Waals surface area (Å²) >= 11 is 0. The molecule has 3 nitrogen and oxygen atoms in total. The number of para-hydroxylation sites is 3. The zero-order valence-electron chi connectivity index (χ0n) is 32.8. The lowest BCUT2D eigenvalue weighted by Crippen LogP contribution is -2.33. The van der Waals surface area contributed by atoms with Gasteiger partial charge in [-0.25, -0.2) is 0 Å². The number of nitrogens with zero attached hydrogens (tertiary/aromatic N) is 3. The molecule has 0 spiro atoms. The van der Waals surface area contributed by atoms with Crippen molar-refractivity contribution in [2.45, 2.75) is 51.4 Å². The van der Waals surface area contributed by atoms with Crippen molar-refractivity contribution in [3.8, 4) is 17.1 Å². The third-order valence-electron chi connectivity index (χ3n) is 13.5. The van der Waals surface area contributed by atoms with E-state index < -0.39 is 0 Å². The van der Waals surface area contributed by atoms with E-state index in [0.717, 1.165) is 11.4 Å². The van der Waals surface area contributed by atoms with Gasteiger partial charge in [0.25, 0.3) is 0 Å². The van der Waals surface area contributed by atoms with Crippen LogP contribution < -0.4 is 0 Å². The molecule has 11 aromatic rings. The van der Waals surface area contributed by atoms with Crippen molar-refractivity contribution in [1.29, 1.82) is 0 Å². The van der Waals surface area contributed by atoms with Crippen LogP contribution in [0.5, 0.6) is 0 Å². The molecule has 0 unspecified atom stereocenters. The molecule has 0 saturated carbocycles. The minimum atomic E-state index is 0.105. The van der Waals surface area contributed by atoms with E-state index >= 15 is 0 Å². The highest BCUT2D eigenvalue weighted by atomic mass is 15.0. The zero-order chi connectivity index (χ0) is 38.2. The molecule has 0 bridgehead atoms. The maximum Gasteiger partial charge on any atom is 0.0562 e. The minimum absolute atomic E-state index is 0.105. The first-order valence-electron chi connectivity index (χ1n) is 20.4. The summed E-state index contributed by atoms with van der Waals surface area (Å²) in [5.74, 6) is 0. The molecule has 8 aromatic carbocycles. The van der Waals surface area contributed by atoms with Crippen LogP contribution in [0.25, 0.3) is 93.3 Å². The summed E-state index contributed by atoms with van der Waals surface area (Å²) in [6.45, 7) is 9.75. The number of benzene rings is 8. The Balaban J connectivity index is 1.25. The maximum atomic E-state index is 2.56. The molecule has 0 saturated heterocycles. The van der Waals surface area contributed by atoms with Crippen molar-refractivity contribution in [1.82, 2.24) is 13.7 Å². The van der Waals surface area contributed by atoms with Crippen LogP contribution in [0.3, 0.4) is 0 Å². The fraction of sp³-hybridized carbons (Fsp3) is 0.148. The van der Waals surface area contributed by atoms with Gasteiger partial charge in [-0.2, -0.15) is 0 Å². The lowest BCUT2D eigenvalue weighted by molar-refractivity contribution is 0.332. The lowest BCUT2D eigenvalue weighted by atomic mass is 9.63. The Labute approximate surface area is 332 Å². The molecule has 1 aliphatic carbocycles. The molecule has 274 valence electrons. The summed E-state index contributed by atoms with van der Waals surface area (Å²) in [6, 6.07) is 61.3. The number of hydrogen-bond acceptors (Lipinski definition) is 0. The molecule has 3 aromatic heterocycles. The van der Waals surface area contributed by atoms with E-state index in [4.69, 9.17) is 0 Å². The van der Waals surface area contributed by atoms with Gasteiger partial charge >= 0.3 is 0 Å². The fourth-order valence-corrected chi connectivity index (χ4v) is 10.4. The second-order valence-corrected chi connectivity index (χ2v) is 17.6. The van der Waals surface area contributed by atoms with Crippen molar-refractivity contribution >= 4 is 76.2 Å². The van der Waals surface area contributed by atoms with E-state index in [1.165, 1.54) is 106 Å². The van der Waals surface area contributed by atoms with E-state index in [-0.39, 0.29) is 10.8 Å². The molecule has 0 amide bonds. The standard InChI is InChI=1S/C54H43N3/c1-53(2)27-28-54(3,4)45-32-49-42(31-44(45)53)41-30-43-51(33-50(41)56(49)36-18-9-6-10-19-36)57(47-26-23-34-15-11-12-20-38(34)52(43)47)37-24-25-40-39-21-13-14-22-46(39)55(48(40)29-37)35-16-7-5-8-17-35/h5-26,29-33H,27-28H2,1-4H3. The average Bonchev–Trinajstić information content (AvgIpc) is 3.86. The van der Waals surface area contributed by atoms with Gasteiger partial charge in [-0.1, -0.05) is 119 Å². The van der Waals surface area contributed by atoms with Crippen LogP contribution in [0.4, 0.5) is 0 Å². The van der Waals surface area contributed by atoms with Crippen molar-refractivity contribution in [3.05, 3.63) is 175 Å². The summed E-state index contributed by atoms with van der Waals surface area (Å²) in [4.78, 5) is 0. The molecular weight excluding hydrogens is 691 g/mol. The van der Waals surface area contributed by atoms with Crippen LogP contribution in [-0.2, 0) is 10.8 Å². The summed E-state index contributed by atoms with van der Waals surface area (Å²) in [7, 11) is 0. The molecule has 0 radical (unpaired) electrons. The van der Waals surface area contributed by atoms with Crippen LogP contribution in [0.15, 0.2) is 164 Å². The zero-order valence-corrected chi connectivity index (χ0v) is 32.8. The van der Waals surface area contributed by atoms with Gasteiger partial charge in [0.2, 0.25) is 0 Å². The molecule has 3 heterocycles. The van der Waals surface area contributed by atoms with Gasteiger partial charge in [-0.3, -0.25) is 0 Å². The largest absolute Gasteiger partial charge is 0.309 e. The first-order valence-corrected chi connectivity index (χ1v) is 20.4. The Hall–Kier alpha value is -6.58. The molecule has 0 fully saturated rings. The molecule has 12 rings (SSSR count). The predicted molar refractivity (Wildman–Crippen MR) is 242 cm³/mol. The van der Waals surface area contributed by atoms with Gasteiger partial charge < -0.3 is 13.7 Å². The quantitative estimate of drug-likeness (QED) is 0.172. The molecule has 57 heavy (non-hydrogen) atoms. The van der Waals surface area contributed by atoms with Crippen LogP contribution >= 0.6 is 0 Å². The number of hydrogen-bond donors (Lipinski definition) is 0. The third kappa shape index (κ3) is 4.54. The Morgan fingerprint density at radius 3 is 1.60 bits per heavy atom. The number of fused-ring (bicyclic) bond motifs is 12. The highest BCUT2D eigenvalue weighted by molar-refractivity contribution is 6.25. The van der Waals surface area contributed by atoms with Gasteiger partial charge in [0.05, 0.1) is 33.1 Å². The fourth-order valence-electron chi connectivity index (χ4n) is 10.4. The Morgan fingerprint density at radius 2 is 0.860 bits per heavy atom. The van der Waals surface area contributed by atoms with Gasteiger partial charge in [0.15, 0.2) is 0 Å². The Bertz CT molecular complexity index is 3440. The summed E-state index contributed by atoms with van der Waals surface area (Å²) < 4.78 is 7.47. The molecule has 1 aliphatic rings. The van der Waals surface area contributed by atoms with Crippen LogP contribution in [0.1, 0.15) is 51.7 Å². The van der Waals surface area contributed by atoms with Crippen LogP contribution in [0.2, 0.25) is 0 Å². The summed E-state index contributed by atoms with van der Waals surface area (Å²) in [5.41, 5.74) is 14.0. The average molecular weight is 734 g/mol. The van der Waals surface area contributed by atoms with E-state index in [9.17, 15) is 0 Å². The topological polar surface area (TPSA) is 14.8 Å². The normalized spacial score (nSPS) is 15.2. The Morgan fingerprint density at radius 1 is 0.333 bits per heavy atom. The van der Waals surface area contributed by atoms with Gasteiger partial charge in [0, 0.05) is 49.4 Å². The Kier molecular flexibility index (Phi) is 6.58. The van der Waals surface area contributed by atoms with E-state index in [1.54, 1.807) is 0 Å². The second kappa shape index (κ2) is 11.5. The van der Waals surface area contributed by atoms with Crippen molar-refractivity contribution in [2.24, 2.45) is 0 Å². The smallest absolute Gasteiger partial charge is 0.0562 e. The molecule has 0 aliphatic heterocycles. The number of aromatic nitrogens is 3. The van der Waals surface area contributed by atoms with Crippen molar-refractivity contribution in [2.75, 3.05) is 0 Å². The SMILES string of the molecule is CC1(C)CCC(C)(C)c2cc3c(cc21)c1cc2c4c5ccccc5ccc4n(-c4ccc5c6ccccc6n(-c6ccccc6)c5c4)c2cc1n3-c1ccccc1. The van der Waals surface area contributed by atoms with Crippen LogP contribution in [-0.4, -0.2) is 13.7 Å². The van der Waals surface area contributed by atoms with E-state index in [2.05, 4.69) is 205 Å². The molecule has 0 N–H and O–H groups in total. The van der Waals surface area contributed by atoms with Gasteiger partial charge in [-0.15, -0.1) is 0 Å². The van der Waals surface area contributed by atoms with E-state index in [1.807, 2.05) is 0 Å². The lowest BCUT2D eigenvalue weighted by Gasteiger charge is -2.42. The highest BCUT2D eigenvalue weighted by Gasteiger charge is 2.38. The predicted octanol–water partition coefficient (Wildman–Crippen LogP) is 14.5. The first kappa shape index (κ1) is 32.6. The summed E-state index contributed by atoms with van der Waals surface area (Å²) in [6.07, 6.45) is 2.37. The first-order chi connectivity index (χ1) is 27.8. The monoisotopic (exact) mass is 733 g/mol. The summed E-state index contributed by atoms with van der Waals surface area (Å²) in [5, 5.41) is 10.3. The maximum absolute atomic E-state index is 2.56.